The SMILES string of the molecule is [CH2]C1(C(SC2CC2)SC2CC2)CCN(C)CC1. The molecule has 0 aromatic heterocycles. The predicted octanol–water partition coefficient (Wildman–Crippen LogP) is 3.65. The summed E-state index contributed by atoms with van der Waals surface area (Å²) >= 11 is 4.54. The highest BCUT2D eigenvalue weighted by Gasteiger charge is 2.43. The molecule has 0 bridgehead atoms. The fraction of sp³-hybridized carbons (Fsp3) is 0.929. The van der Waals surface area contributed by atoms with Crippen LogP contribution in [0, 0.1) is 12.3 Å². The highest BCUT2D eigenvalue weighted by molar-refractivity contribution is 8.17. The van der Waals surface area contributed by atoms with E-state index in [1.807, 2.05) is 0 Å². The zero-order valence-electron chi connectivity index (χ0n) is 10.9. The Morgan fingerprint density at radius 3 is 1.94 bits per heavy atom. The Morgan fingerprint density at radius 2 is 1.53 bits per heavy atom. The summed E-state index contributed by atoms with van der Waals surface area (Å²) in [7, 11) is 2.25. The highest BCUT2D eigenvalue weighted by atomic mass is 32.2. The molecular formula is C14H24NS2. The maximum absolute atomic E-state index is 4.66. The van der Waals surface area contributed by atoms with E-state index >= 15 is 0 Å². The monoisotopic (exact) mass is 270 g/mol. The van der Waals surface area contributed by atoms with Crippen molar-refractivity contribution in [1.82, 2.24) is 4.90 Å². The lowest BCUT2D eigenvalue weighted by atomic mass is 9.82. The van der Waals surface area contributed by atoms with Crippen molar-refractivity contribution < 1.29 is 0 Å². The minimum absolute atomic E-state index is 0.354. The van der Waals surface area contributed by atoms with Crippen LogP contribution in [-0.2, 0) is 0 Å². The number of hydrogen-bond donors (Lipinski definition) is 0. The third kappa shape index (κ3) is 3.36. The molecule has 0 N–H and O–H groups in total. The summed E-state index contributed by atoms with van der Waals surface area (Å²) in [6.45, 7) is 7.15. The lowest BCUT2D eigenvalue weighted by molar-refractivity contribution is 0.176. The van der Waals surface area contributed by atoms with Crippen LogP contribution < -0.4 is 0 Å². The Balaban J connectivity index is 1.62. The number of thioether (sulfide) groups is 2. The van der Waals surface area contributed by atoms with Crippen molar-refractivity contribution in [3.63, 3.8) is 0 Å². The summed E-state index contributed by atoms with van der Waals surface area (Å²) in [4.78, 5) is 2.46. The van der Waals surface area contributed by atoms with Gasteiger partial charge in [0.1, 0.15) is 0 Å². The third-order valence-corrected chi connectivity index (χ3v) is 8.04. The second-order valence-electron chi connectivity index (χ2n) is 6.17. The molecule has 0 spiro atoms. The Bertz CT molecular complexity index is 251. The second-order valence-corrected chi connectivity index (χ2v) is 9.29. The number of piperidine rings is 1. The van der Waals surface area contributed by atoms with Crippen molar-refractivity contribution in [2.75, 3.05) is 20.1 Å². The van der Waals surface area contributed by atoms with Crippen molar-refractivity contribution in [2.45, 2.75) is 53.6 Å². The van der Waals surface area contributed by atoms with E-state index in [0.717, 1.165) is 15.1 Å². The molecule has 1 aliphatic heterocycles. The van der Waals surface area contributed by atoms with Crippen LogP contribution >= 0.6 is 23.5 Å². The Hall–Kier alpha value is 0.660. The first kappa shape index (κ1) is 12.7. The van der Waals surface area contributed by atoms with Gasteiger partial charge in [-0.2, -0.15) is 0 Å². The van der Waals surface area contributed by atoms with Crippen LogP contribution in [-0.4, -0.2) is 40.1 Å². The maximum atomic E-state index is 4.66. The van der Waals surface area contributed by atoms with Gasteiger partial charge in [0.2, 0.25) is 0 Å². The van der Waals surface area contributed by atoms with E-state index in [0.29, 0.717) is 5.41 Å². The average molecular weight is 270 g/mol. The fourth-order valence-electron chi connectivity index (χ4n) is 2.38. The summed E-state index contributed by atoms with van der Waals surface area (Å²) < 4.78 is 0.774. The predicted molar refractivity (Wildman–Crippen MR) is 79.5 cm³/mol. The molecule has 3 heteroatoms. The van der Waals surface area contributed by atoms with Gasteiger partial charge in [0.15, 0.2) is 0 Å². The molecule has 1 nitrogen and oxygen atoms in total. The zero-order chi connectivity index (χ0) is 11.9. The molecular weight excluding hydrogens is 246 g/mol. The number of hydrogen-bond acceptors (Lipinski definition) is 3. The Labute approximate surface area is 114 Å². The Morgan fingerprint density at radius 1 is 1.06 bits per heavy atom. The molecule has 1 saturated heterocycles. The summed E-state index contributed by atoms with van der Waals surface area (Å²) in [5.41, 5.74) is 0.354. The van der Waals surface area contributed by atoms with Gasteiger partial charge in [0.25, 0.3) is 0 Å². The van der Waals surface area contributed by atoms with Gasteiger partial charge in [-0.15, -0.1) is 23.5 Å². The van der Waals surface area contributed by atoms with Crippen molar-refractivity contribution in [3.8, 4) is 0 Å². The molecule has 0 amide bonds. The van der Waals surface area contributed by atoms with Crippen LogP contribution in [0.1, 0.15) is 38.5 Å². The molecule has 3 rings (SSSR count). The van der Waals surface area contributed by atoms with Crippen LogP contribution in [0.25, 0.3) is 0 Å². The van der Waals surface area contributed by atoms with Crippen molar-refractivity contribution in [3.05, 3.63) is 6.92 Å². The summed E-state index contributed by atoms with van der Waals surface area (Å²) in [6, 6.07) is 0. The van der Waals surface area contributed by atoms with E-state index in [2.05, 4.69) is 42.4 Å². The third-order valence-electron chi connectivity index (χ3n) is 4.16. The standard InChI is InChI=1S/C14H24NS2/c1-14(7-9-15(2)10-8-14)13(16-11-3-4-11)17-12-5-6-12/h11-13H,1,3-10H2,2H3. The van der Waals surface area contributed by atoms with Crippen LogP contribution in [0.5, 0.6) is 0 Å². The van der Waals surface area contributed by atoms with Gasteiger partial charge >= 0.3 is 0 Å². The second kappa shape index (κ2) is 4.97. The fourth-order valence-corrected chi connectivity index (χ4v) is 6.14. The molecule has 2 aliphatic carbocycles. The van der Waals surface area contributed by atoms with Gasteiger partial charge in [-0.05, 0) is 71.0 Å². The first-order valence-electron chi connectivity index (χ1n) is 7.00. The lowest BCUT2D eigenvalue weighted by Crippen LogP contribution is -2.41. The van der Waals surface area contributed by atoms with Crippen molar-refractivity contribution in [1.29, 1.82) is 0 Å². The summed E-state index contributed by atoms with van der Waals surface area (Å²) in [5, 5.41) is 1.95. The number of nitrogens with zero attached hydrogens (tertiary/aromatic N) is 1. The molecule has 3 aliphatic rings. The van der Waals surface area contributed by atoms with E-state index in [1.165, 1.54) is 51.6 Å². The lowest BCUT2D eigenvalue weighted by Gasteiger charge is -2.43. The van der Waals surface area contributed by atoms with E-state index in [1.54, 1.807) is 0 Å². The van der Waals surface area contributed by atoms with Gasteiger partial charge < -0.3 is 4.90 Å². The molecule has 0 aromatic carbocycles. The highest BCUT2D eigenvalue weighted by Crippen LogP contribution is 2.54. The smallest absolute Gasteiger partial charge is 0.0565 e. The molecule has 3 fully saturated rings. The summed E-state index contributed by atoms with van der Waals surface area (Å²) in [5.74, 6) is 0. The quantitative estimate of drug-likeness (QED) is 0.702. The van der Waals surface area contributed by atoms with Crippen LogP contribution in [0.15, 0.2) is 0 Å². The zero-order valence-corrected chi connectivity index (χ0v) is 12.5. The van der Waals surface area contributed by atoms with Gasteiger partial charge in [-0.25, -0.2) is 0 Å². The van der Waals surface area contributed by atoms with Crippen LogP contribution in [0.2, 0.25) is 0 Å². The molecule has 97 valence electrons. The Kier molecular flexibility index (Phi) is 3.71. The topological polar surface area (TPSA) is 3.24 Å². The minimum atomic E-state index is 0.354. The van der Waals surface area contributed by atoms with Crippen LogP contribution in [0.3, 0.4) is 0 Å². The van der Waals surface area contributed by atoms with Gasteiger partial charge in [0.05, 0.1) is 4.58 Å². The number of rotatable bonds is 5. The molecule has 17 heavy (non-hydrogen) atoms. The molecule has 2 saturated carbocycles. The van der Waals surface area contributed by atoms with E-state index in [-0.39, 0.29) is 0 Å². The van der Waals surface area contributed by atoms with Crippen molar-refractivity contribution in [2.24, 2.45) is 5.41 Å². The van der Waals surface area contributed by atoms with Crippen LogP contribution in [0.4, 0.5) is 0 Å². The molecule has 0 unspecified atom stereocenters. The van der Waals surface area contributed by atoms with Gasteiger partial charge in [0, 0.05) is 10.5 Å². The first-order valence-corrected chi connectivity index (χ1v) is 8.89. The minimum Gasteiger partial charge on any atom is -0.306 e. The summed E-state index contributed by atoms with van der Waals surface area (Å²) in [6.07, 6.45) is 8.44. The van der Waals surface area contributed by atoms with Gasteiger partial charge in [-0.3, -0.25) is 0 Å². The van der Waals surface area contributed by atoms with E-state index in [9.17, 15) is 0 Å². The van der Waals surface area contributed by atoms with E-state index in [4.69, 9.17) is 0 Å². The molecule has 0 atom stereocenters. The maximum Gasteiger partial charge on any atom is 0.0565 e. The normalized spacial score (nSPS) is 29.8. The molecule has 1 heterocycles. The largest absolute Gasteiger partial charge is 0.306 e. The van der Waals surface area contributed by atoms with Gasteiger partial charge in [-0.1, -0.05) is 0 Å². The van der Waals surface area contributed by atoms with Crippen molar-refractivity contribution >= 4 is 23.5 Å². The first-order chi connectivity index (χ1) is 8.16. The molecule has 0 aromatic rings. The van der Waals surface area contributed by atoms with E-state index < -0.39 is 0 Å². The average Bonchev–Trinajstić information content (AvgIpc) is 3.16. The molecule has 1 radical (unpaired) electrons. The number of likely N-dealkylation sites (tertiary alicyclic amines) is 1.